The Morgan fingerprint density at radius 3 is 2.72 bits per heavy atom. The molecule has 0 unspecified atom stereocenters. The van der Waals surface area contributed by atoms with Gasteiger partial charge in [-0.2, -0.15) is 0 Å². The average Bonchev–Trinajstić information content (AvgIpc) is 3.41. The lowest BCUT2D eigenvalue weighted by atomic mass is 10.0. The highest BCUT2D eigenvalue weighted by molar-refractivity contribution is 7.99. The van der Waals surface area contributed by atoms with Gasteiger partial charge in [0.15, 0.2) is 22.5 Å². The number of benzene rings is 2. The SMILES string of the molecule is CC(C)[C@H](NC(=O)c1ccc2c(c1)OCO2)c1nnc(SCCOc2ccccc2)n1C. The highest BCUT2D eigenvalue weighted by Gasteiger charge is 2.26. The second kappa shape index (κ2) is 9.95. The number of nitrogens with one attached hydrogen (secondary N) is 1. The molecule has 9 heteroatoms. The number of nitrogens with zero attached hydrogens (tertiary/aromatic N) is 3. The zero-order chi connectivity index (χ0) is 22.5. The molecule has 0 spiro atoms. The van der Waals surface area contributed by atoms with Gasteiger partial charge in [0.25, 0.3) is 5.91 Å². The van der Waals surface area contributed by atoms with Crippen LogP contribution in [0.1, 0.15) is 36.1 Å². The monoisotopic (exact) mass is 454 g/mol. The Kier molecular flexibility index (Phi) is 6.84. The normalized spacial score (nSPS) is 13.2. The smallest absolute Gasteiger partial charge is 0.252 e. The molecular weight excluding hydrogens is 428 g/mol. The predicted molar refractivity (Wildman–Crippen MR) is 121 cm³/mol. The van der Waals surface area contributed by atoms with Crippen molar-refractivity contribution in [1.82, 2.24) is 20.1 Å². The van der Waals surface area contributed by atoms with E-state index in [1.54, 1.807) is 30.0 Å². The van der Waals surface area contributed by atoms with Crippen LogP contribution < -0.4 is 19.5 Å². The zero-order valence-corrected chi connectivity index (χ0v) is 19.1. The molecular formula is C23H26N4O4S. The van der Waals surface area contributed by atoms with Crippen LogP contribution in [-0.2, 0) is 7.05 Å². The first-order valence-corrected chi connectivity index (χ1v) is 11.4. The molecule has 0 aliphatic carbocycles. The van der Waals surface area contributed by atoms with Gasteiger partial charge >= 0.3 is 0 Å². The predicted octanol–water partition coefficient (Wildman–Crippen LogP) is 3.84. The molecule has 32 heavy (non-hydrogen) atoms. The summed E-state index contributed by atoms with van der Waals surface area (Å²) in [6.45, 7) is 4.82. The summed E-state index contributed by atoms with van der Waals surface area (Å²) in [6, 6.07) is 14.6. The minimum atomic E-state index is -0.291. The van der Waals surface area contributed by atoms with Crippen LogP contribution in [0, 0.1) is 5.92 Å². The van der Waals surface area contributed by atoms with Crippen LogP contribution in [0.5, 0.6) is 17.2 Å². The number of hydrogen-bond donors (Lipinski definition) is 1. The van der Waals surface area contributed by atoms with Gasteiger partial charge < -0.3 is 24.1 Å². The average molecular weight is 455 g/mol. The van der Waals surface area contributed by atoms with E-state index < -0.39 is 0 Å². The van der Waals surface area contributed by atoms with Gasteiger partial charge in [-0.25, -0.2) is 0 Å². The first kappa shape index (κ1) is 22.0. The lowest BCUT2D eigenvalue weighted by molar-refractivity contribution is 0.0921. The van der Waals surface area contributed by atoms with E-state index in [2.05, 4.69) is 15.5 Å². The summed E-state index contributed by atoms with van der Waals surface area (Å²) in [6.07, 6.45) is 0. The largest absolute Gasteiger partial charge is 0.493 e. The van der Waals surface area contributed by atoms with Gasteiger partial charge in [-0.1, -0.05) is 43.8 Å². The maximum Gasteiger partial charge on any atom is 0.252 e. The van der Waals surface area contributed by atoms with Crippen molar-refractivity contribution in [2.45, 2.75) is 25.0 Å². The number of rotatable bonds is 9. The lowest BCUT2D eigenvalue weighted by Crippen LogP contribution is -2.33. The molecule has 1 aliphatic rings. The Bertz CT molecular complexity index is 1070. The Labute approximate surface area is 191 Å². The molecule has 4 rings (SSSR count). The van der Waals surface area contributed by atoms with Crippen molar-refractivity contribution in [2.24, 2.45) is 13.0 Å². The molecule has 1 aromatic heterocycles. The number of hydrogen-bond acceptors (Lipinski definition) is 7. The summed E-state index contributed by atoms with van der Waals surface area (Å²) in [7, 11) is 1.91. The standard InChI is InChI=1S/C23H26N4O4S/c1-15(2)20(24-22(28)16-9-10-18-19(13-16)31-14-30-18)21-25-26-23(27(21)3)32-12-11-29-17-7-5-4-6-8-17/h4-10,13,15,20H,11-12,14H2,1-3H3,(H,24,28)/t20-/m0/s1. The second-order valence-electron chi connectivity index (χ2n) is 7.67. The van der Waals surface area contributed by atoms with Crippen molar-refractivity contribution in [3.05, 3.63) is 59.9 Å². The third-order valence-electron chi connectivity index (χ3n) is 5.06. The van der Waals surface area contributed by atoms with E-state index in [0.29, 0.717) is 29.5 Å². The molecule has 0 saturated carbocycles. The fourth-order valence-corrected chi connectivity index (χ4v) is 4.06. The van der Waals surface area contributed by atoms with E-state index in [9.17, 15) is 4.79 Å². The third-order valence-corrected chi connectivity index (χ3v) is 6.05. The second-order valence-corrected chi connectivity index (χ2v) is 8.74. The molecule has 3 aromatic rings. The summed E-state index contributed by atoms with van der Waals surface area (Å²) in [5, 5.41) is 12.6. The van der Waals surface area contributed by atoms with Crippen LogP contribution >= 0.6 is 11.8 Å². The van der Waals surface area contributed by atoms with E-state index in [1.807, 2.05) is 55.8 Å². The van der Waals surface area contributed by atoms with Crippen molar-refractivity contribution in [3.8, 4) is 17.2 Å². The van der Waals surface area contributed by atoms with Gasteiger partial charge in [0, 0.05) is 18.4 Å². The van der Waals surface area contributed by atoms with Crippen molar-refractivity contribution < 1.29 is 19.0 Å². The van der Waals surface area contributed by atoms with Crippen molar-refractivity contribution in [2.75, 3.05) is 19.2 Å². The van der Waals surface area contributed by atoms with Crippen LogP contribution in [0.2, 0.25) is 0 Å². The minimum absolute atomic E-state index is 0.120. The first-order valence-electron chi connectivity index (χ1n) is 10.4. The van der Waals surface area contributed by atoms with E-state index in [4.69, 9.17) is 14.2 Å². The molecule has 0 fully saturated rings. The number of carbonyl (C=O) groups excluding carboxylic acids is 1. The van der Waals surface area contributed by atoms with Crippen LogP contribution in [0.4, 0.5) is 0 Å². The van der Waals surface area contributed by atoms with Crippen molar-refractivity contribution in [3.63, 3.8) is 0 Å². The highest BCUT2D eigenvalue weighted by atomic mass is 32.2. The number of amides is 1. The first-order chi connectivity index (χ1) is 15.5. The van der Waals surface area contributed by atoms with Gasteiger partial charge in [-0.15, -0.1) is 10.2 Å². The highest BCUT2D eigenvalue weighted by Crippen LogP contribution is 2.33. The van der Waals surface area contributed by atoms with Crippen molar-refractivity contribution in [1.29, 1.82) is 0 Å². The molecule has 2 heterocycles. The number of thioether (sulfide) groups is 1. The Morgan fingerprint density at radius 1 is 1.16 bits per heavy atom. The molecule has 0 bridgehead atoms. The fraction of sp³-hybridized carbons (Fsp3) is 0.348. The van der Waals surface area contributed by atoms with Gasteiger partial charge in [0.1, 0.15) is 5.75 Å². The zero-order valence-electron chi connectivity index (χ0n) is 18.3. The fourth-order valence-electron chi connectivity index (χ4n) is 3.32. The van der Waals surface area contributed by atoms with Crippen molar-refractivity contribution >= 4 is 17.7 Å². The van der Waals surface area contributed by atoms with Gasteiger partial charge in [0.2, 0.25) is 6.79 Å². The number of carbonyl (C=O) groups is 1. The summed E-state index contributed by atoms with van der Waals surface area (Å²) < 4.78 is 18.4. The Balaban J connectivity index is 1.39. The maximum atomic E-state index is 12.9. The van der Waals surface area contributed by atoms with E-state index in [-0.39, 0.29) is 24.7 Å². The van der Waals surface area contributed by atoms with Crippen LogP contribution in [-0.4, -0.2) is 39.8 Å². The lowest BCUT2D eigenvalue weighted by Gasteiger charge is -2.21. The quantitative estimate of drug-likeness (QED) is 0.388. The van der Waals surface area contributed by atoms with Gasteiger partial charge in [0.05, 0.1) is 12.6 Å². The molecule has 0 radical (unpaired) electrons. The number of aromatic nitrogens is 3. The maximum absolute atomic E-state index is 12.9. The number of fused-ring (bicyclic) bond motifs is 1. The molecule has 8 nitrogen and oxygen atoms in total. The van der Waals surface area contributed by atoms with Gasteiger partial charge in [-0.05, 0) is 36.2 Å². The van der Waals surface area contributed by atoms with E-state index in [0.717, 1.165) is 16.7 Å². The van der Waals surface area contributed by atoms with E-state index >= 15 is 0 Å². The van der Waals surface area contributed by atoms with Crippen LogP contribution in [0.3, 0.4) is 0 Å². The minimum Gasteiger partial charge on any atom is -0.493 e. The molecule has 1 amide bonds. The Morgan fingerprint density at radius 2 is 1.94 bits per heavy atom. The third kappa shape index (κ3) is 4.99. The number of para-hydroxylation sites is 1. The topological polar surface area (TPSA) is 87.5 Å². The molecule has 0 saturated heterocycles. The molecule has 2 aromatic carbocycles. The molecule has 1 N–H and O–H groups in total. The van der Waals surface area contributed by atoms with Crippen LogP contribution in [0.15, 0.2) is 53.7 Å². The molecule has 1 atom stereocenters. The summed E-state index contributed by atoms with van der Waals surface area (Å²) in [5.74, 6) is 3.43. The van der Waals surface area contributed by atoms with E-state index in [1.165, 1.54) is 0 Å². The molecule has 1 aliphatic heterocycles. The number of ether oxygens (including phenoxy) is 3. The Hall–Kier alpha value is -3.20. The summed E-state index contributed by atoms with van der Waals surface area (Å²) >= 11 is 1.57. The van der Waals surface area contributed by atoms with Gasteiger partial charge in [-0.3, -0.25) is 4.79 Å². The summed E-state index contributed by atoms with van der Waals surface area (Å²) in [5.41, 5.74) is 0.509. The van der Waals surface area contributed by atoms with Crippen LogP contribution in [0.25, 0.3) is 0 Å². The summed E-state index contributed by atoms with van der Waals surface area (Å²) in [4.78, 5) is 12.9. The molecule has 168 valence electrons.